The van der Waals surface area contributed by atoms with Gasteiger partial charge in [0, 0.05) is 5.71 Å². The van der Waals surface area contributed by atoms with Crippen molar-refractivity contribution >= 4 is 5.71 Å². The van der Waals surface area contributed by atoms with Crippen molar-refractivity contribution in [3.63, 3.8) is 0 Å². The van der Waals surface area contributed by atoms with E-state index in [4.69, 9.17) is 5.41 Å². The van der Waals surface area contributed by atoms with E-state index in [1.165, 1.54) is 26.3 Å². The molecule has 0 unspecified atom stereocenters. The molecule has 54 valence electrons. The maximum atomic E-state index is 7.19. The summed E-state index contributed by atoms with van der Waals surface area (Å²) in [5, 5.41) is 7.19. The summed E-state index contributed by atoms with van der Waals surface area (Å²) in [7, 11) is 1.50. The highest BCUT2D eigenvalue weighted by molar-refractivity contribution is 5.81. The molecule has 0 radical (unpaired) electrons. The van der Waals surface area contributed by atoms with E-state index in [-0.39, 0.29) is 0 Å². The van der Waals surface area contributed by atoms with Gasteiger partial charge in [-0.15, -0.1) is 0 Å². The van der Waals surface area contributed by atoms with E-state index in [0.717, 1.165) is 18.6 Å². The predicted molar refractivity (Wildman–Crippen MR) is 40.9 cm³/mol. The highest BCUT2D eigenvalue weighted by Gasteiger charge is 2.02. The Morgan fingerprint density at radius 3 is 1.78 bits per heavy atom. The number of hydrogen-bond donors (Lipinski definition) is 2. The van der Waals surface area contributed by atoms with E-state index in [9.17, 15) is 0 Å². The number of nitrogens with one attached hydrogen (secondary N) is 1. The first-order chi connectivity index (χ1) is 4.39. The molecule has 0 amide bonds. The zero-order chi connectivity index (χ0) is 7.11. The smallest absolute Gasteiger partial charge is 0.00891 e. The third kappa shape index (κ3) is 4.15. The van der Waals surface area contributed by atoms with Gasteiger partial charge >= 0.3 is 0 Å². The van der Waals surface area contributed by atoms with Gasteiger partial charge in [0.15, 0.2) is 0 Å². The summed E-state index contributed by atoms with van der Waals surface area (Å²) in [5.41, 5.74) is 5.46. The maximum Gasteiger partial charge on any atom is 0.00891 e. The summed E-state index contributed by atoms with van der Waals surface area (Å²) >= 11 is 0. The summed E-state index contributed by atoms with van der Waals surface area (Å²) in [6.07, 6.45) is 6.01. The third-order valence-corrected chi connectivity index (χ3v) is 1.46. The van der Waals surface area contributed by atoms with Crippen LogP contribution in [0.4, 0.5) is 0 Å². The van der Waals surface area contributed by atoms with Crippen molar-refractivity contribution < 1.29 is 0 Å². The average molecular weight is 128 g/mol. The van der Waals surface area contributed by atoms with Gasteiger partial charge in [-0.1, -0.05) is 6.42 Å². The fourth-order valence-electron chi connectivity index (χ4n) is 0.979. The quantitative estimate of drug-likeness (QED) is 0.511. The molecular formula is C7H16N2. The maximum absolute atomic E-state index is 7.19. The summed E-state index contributed by atoms with van der Waals surface area (Å²) in [5.74, 6) is 0. The molecule has 9 heavy (non-hydrogen) atoms. The fourth-order valence-corrected chi connectivity index (χ4v) is 0.979. The van der Waals surface area contributed by atoms with E-state index in [1.54, 1.807) is 0 Å². The minimum atomic E-state index is 0.964. The lowest BCUT2D eigenvalue weighted by Crippen LogP contribution is -2.01. The first kappa shape index (κ1) is 8.63. The molecular weight excluding hydrogens is 112 g/mol. The molecule has 0 aromatic heterocycles. The van der Waals surface area contributed by atoms with E-state index in [1.807, 2.05) is 0 Å². The van der Waals surface area contributed by atoms with Crippen molar-refractivity contribution in [1.82, 2.24) is 0 Å². The van der Waals surface area contributed by atoms with Crippen LogP contribution in [0.25, 0.3) is 0 Å². The molecule has 0 atom stereocenters. The highest BCUT2D eigenvalue weighted by Crippen LogP contribution is 2.12. The Bertz CT molecular complexity index is 71.0. The SMILES string of the molecule is CN.N=C1CCCCC1. The molecule has 1 aliphatic rings. The van der Waals surface area contributed by atoms with Gasteiger partial charge in [-0.05, 0) is 32.7 Å². The van der Waals surface area contributed by atoms with Crippen LogP contribution in [0.3, 0.4) is 0 Å². The zero-order valence-corrected chi connectivity index (χ0v) is 6.11. The van der Waals surface area contributed by atoms with Crippen molar-refractivity contribution in [1.29, 1.82) is 5.41 Å². The average Bonchev–Trinajstić information content (AvgIpc) is 1.94. The van der Waals surface area contributed by atoms with E-state index >= 15 is 0 Å². The van der Waals surface area contributed by atoms with Crippen LogP contribution < -0.4 is 5.73 Å². The van der Waals surface area contributed by atoms with Gasteiger partial charge in [-0.25, -0.2) is 0 Å². The first-order valence-electron chi connectivity index (χ1n) is 3.53. The van der Waals surface area contributed by atoms with Gasteiger partial charge in [0.1, 0.15) is 0 Å². The lowest BCUT2D eigenvalue weighted by molar-refractivity contribution is 0.663. The van der Waals surface area contributed by atoms with Crippen LogP contribution in [0.5, 0.6) is 0 Å². The molecule has 0 heterocycles. The summed E-state index contributed by atoms with van der Waals surface area (Å²) < 4.78 is 0. The Labute approximate surface area is 57.0 Å². The van der Waals surface area contributed by atoms with Crippen molar-refractivity contribution in [2.75, 3.05) is 7.05 Å². The molecule has 2 heteroatoms. The molecule has 0 saturated heterocycles. The molecule has 0 aliphatic heterocycles. The fraction of sp³-hybridized carbons (Fsp3) is 0.857. The second kappa shape index (κ2) is 5.76. The molecule has 0 aromatic rings. The van der Waals surface area contributed by atoms with Crippen LogP contribution in [0, 0.1) is 5.41 Å². The molecule has 0 spiro atoms. The van der Waals surface area contributed by atoms with Crippen molar-refractivity contribution in [3.8, 4) is 0 Å². The Kier molecular flexibility index (Phi) is 5.52. The molecule has 3 N–H and O–H groups in total. The van der Waals surface area contributed by atoms with Crippen LogP contribution in [0.1, 0.15) is 32.1 Å². The normalized spacial score (nSPS) is 18.2. The van der Waals surface area contributed by atoms with Gasteiger partial charge in [0.25, 0.3) is 0 Å². The molecule has 1 saturated carbocycles. The minimum Gasteiger partial charge on any atom is -0.333 e. The number of rotatable bonds is 0. The highest BCUT2D eigenvalue weighted by atomic mass is 14.4. The molecule has 0 aromatic carbocycles. The minimum absolute atomic E-state index is 0.964. The van der Waals surface area contributed by atoms with Crippen LogP contribution in [-0.2, 0) is 0 Å². The van der Waals surface area contributed by atoms with Gasteiger partial charge in [0.05, 0.1) is 0 Å². The summed E-state index contributed by atoms with van der Waals surface area (Å²) in [6, 6.07) is 0. The van der Waals surface area contributed by atoms with Gasteiger partial charge in [0.2, 0.25) is 0 Å². The third-order valence-electron chi connectivity index (χ3n) is 1.46. The molecule has 0 bridgehead atoms. The number of nitrogens with two attached hydrogens (primary N) is 1. The topological polar surface area (TPSA) is 49.9 Å². The molecule has 1 fully saturated rings. The molecule has 1 aliphatic carbocycles. The van der Waals surface area contributed by atoms with Gasteiger partial charge in [-0.2, -0.15) is 0 Å². The Morgan fingerprint density at radius 1 is 1.11 bits per heavy atom. The molecule has 1 rings (SSSR count). The lowest BCUT2D eigenvalue weighted by atomic mass is 9.99. The predicted octanol–water partition coefficient (Wildman–Crippen LogP) is 1.55. The van der Waals surface area contributed by atoms with E-state index < -0.39 is 0 Å². The lowest BCUT2D eigenvalue weighted by Gasteiger charge is -2.08. The van der Waals surface area contributed by atoms with Gasteiger partial charge < -0.3 is 11.1 Å². The van der Waals surface area contributed by atoms with Crippen LogP contribution in [-0.4, -0.2) is 12.8 Å². The number of hydrogen-bond acceptors (Lipinski definition) is 2. The second-order valence-corrected chi connectivity index (χ2v) is 2.16. The Morgan fingerprint density at radius 2 is 1.56 bits per heavy atom. The van der Waals surface area contributed by atoms with Crippen LogP contribution in [0.15, 0.2) is 0 Å². The monoisotopic (exact) mass is 128 g/mol. The van der Waals surface area contributed by atoms with Crippen LogP contribution >= 0.6 is 0 Å². The summed E-state index contributed by atoms with van der Waals surface area (Å²) in [4.78, 5) is 0. The summed E-state index contributed by atoms with van der Waals surface area (Å²) in [6.45, 7) is 0. The van der Waals surface area contributed by atoms with Gasteiger partial charge in [-0.3, -0.25) is 0 Å². The Hall–Kier alpha value is -0.370. The standard InChI is InChI=1S/C6H11N.CH5N/c7-6-4-2-1-3-5-6;1-2/h7H,1-5H2;2H2,1H3. The first-order valence-corrected chi connectivity index (χ1v) is 3.53. The van der Waals surface area contributed by atoms with Crippen molar-refractivity contribution in [3.05, 3.63) is 0 Å². The van der Waals surface area contributed by atoms with Crippen molar-refractivity contribution in [2.24, 2.45) is 5.73 Å². The molecule has 2 nitrogen and oxygen atoms in total. The zero-order valence-electron chi connectivity index (χ0n) is 6.11. The second-order valence-electron chi connectivity index (χ2n) is 2.16. The van der Waals surface area contributed by atoms with Crippen LogP contribution in [0.2, 0.25) is 0 Å². The van der Waals surface area contributed by atoms with Crippen molar-refractivity contribution in [2.45, 2.75) is 32.1 Å². The Balaban J connectivity index is 0.000000291. The largest absolute Gasteiger partial charge is 0.333 e. The van der Waals surface area contributed by atoms with E-state index in [2.05, 4.69) is 5.73 Å². The van der Waals surface area contributed by atoms with E-state index in [0.29, 0.717) is 0 Å².